The Bertz CT molecular complexity index is 684. The minimum absolute atomic E-state index is 0.00483. The van der Waals surface area contributed by atoms with Gasteiger partial charge >= 0.3 is 0 Å². The first-order chi connectivity index (χ1) is 10.5. The van der Waals surface area contributed by atoms with Gasteiger partial charge in [-0.15, -0.1) is 0 Å². The fourth-order valence-corrected chi connectivity index (χ4v) is 3.08. The van der Waals surface area contributed by atoms with Gasteiger partial charge in [-0.2, -0.15) is 5.26 Å². The van der Waals surface area contributed by atoms with Crippen molar-refractivity contribution in [2.45, 2.75) is 18.8 Å². The second-order valence-electron chi connectivity index (χ2n) is 5.10. The zero-order chi connectivity index (χ0) is 16.3. The highest BCUT2D eigenvalue weighted by Crippen LogP contribution is 2.38. The Balaban J connectivity index is 2.50. The molecular formula is C17H14Cl3NO. The predicted octanol–water partition coefficient (Wildman–Crippen LogP) is 5.40. The van der Waals surface area contributed by atoms with Crippen LogP contribution in [-0.2, 0) is 0 Å². The molecule has 2 atom stereocenters. The van der Waals surface area contributed by atoms with Crippen LogP contribution in [0.15, 0.2) is 36.4 Å². The molecule has 0 bridgehead atoms. The minimum atomic E-state index is -0.573. The molecule has 2 nitrogen and oxygen atoms in total. The minimum Gasteiger partial charge on any atom is -0.396 e. The van der Waals surface area contributed by atoms with Crippen molar-refractivity contribution in [3.05, 3.63) is 68.2 Å². The van der Waals surface area contributed by atoms with Crippen molar-refractivity contribution in [3.8, 4) is 6.07 Å². The van der Waals surface area contributed by atoms with Gasteiger partial charge in [0.25, 0.3) is 0 Å². The highest BCUT2D eigenvalue weighted by atomic mass is 35.5. The summed E-state index contributed by atoms with van der Waals surface area (Å²) in [7, 11) is 0. The van der Waals surface area contributed by atoms with E-state index in [1.807, 2.05) is 6.92 Å². The molecule has 0 heterocycles. The van der Waals surface area contributed by atoms with Crippen LogP contribution in [0.3, 0.4) is 0 Å². The second kappa shape index (κ2) is 7.35. The summed E-state index contributed by atoms with van der Waals surface area (Å²) in [5.74, 6) is -0.643. The SMILES string of the molecule is CC(CO)c1cc(Cl)c(C(C#N)c2ccc(Cl)cc2)c(Cl)c1. The molecule has 0 aliphatic rings. The van der Waals surface area contributed by atoms with Gasteiger partial charge in [0.05, 0.1) is 12.0 Å². The van der Waals surface area contributed by atoms with Crippen molar-refractivity contribution in [2.24, 2.45) is 0 Å². The van der Waals surface area contributed by atoms with E-state index in [9.17, 15) is 10.4 Å². The topological polar surface area (TPSA) is 44.0 Å². The average molecular weight is 355 g/mol. The smallest absolute Gasteiger partial charge is 0.0991 e. The van der Waals surface area contributed by atoms with Gasteiger partial charge in [-0.1, -0.05) is 53.9 Å². The van der Waals surface area contributed by atoms with Crippen LogP contribution >= 0.6 is 34.8 Å². The van der Waals surface area contributed by atoms with Crippen LogP contribution in [0, 0.1) is 11.3 Å². The van der Waals surface area contributed by atoms with Crippen molar-refractivity contribution >= 4 is 34.8 Å². The molecule has 1 N–H and O–H groups in total. The third kappa shape index (κ3) is 3.56. The Kier molecular flexibility index (Phi) is 5.72. The molecule has 0 amide bonds. The number of hydrogen-bond donors (Lipinski definition) is 1. The molecular weight excluding hydrogens is 341 g/mol. The number of halogens is 3. The normalized spacial score (nSPS) is 13.5. The van der Waals surface area contributed by atoms with E-state index < -0.39 is 5.92 Å². The van der Waals surface area contributed by atoms with E-state index in [1.165, 1.54) is 0 Å². The maximum absolute atomic E-state index is 9.54. The van der Waals surface area contributed by atoms with Crippen LogP contribution in [-0.4, -0.2) is 11.7 Å². The summed E-state index contributed by atoms with van der Waals surface area (Å²) < 4.78 is 0. The van der Waals surface area contributed by atoms with E-state index in [2.05, 4.69) is 6.07 Å². The lowest BCUT2D eigenvalue weighted by atomic mass is 9.90. The van der Waals surface area contributed by atoms with Crippen LogP contribution in [0.5, 0.6) is 0 Å². The fourth-order valence-electron chi connectivity index (χ4n) is 2.23. The quantitative estimate of drug-likeness (QED) is 0.799. The number of nitrogens with zero attached hydrogens (tertiary/aromatic N) is 1. The fraction of sp³-hybridized carbons (Fsp3) is 0.235. The number of rotatable bonds is 4. The number of hydrogen-bond acceptors (Lipinski definition) is 2. The van der Waals surface area contributed by atoms with Crippen LogP contribution in [0.25, 0.3) is 0 Å². The van der Waals surface area contributed by atoms with Gasteiger partial charge in [-0.05, 0) is 35.4 Å². The Morgan fingerprint density at radius 3 is 2.05 bits per heavy atom. The number of benzene rings is 2. The zero-order valence-corrected chi connectivity index (χ0v) is 14.1. The van der Waals surface area contributed by atoms with Crippen molar-refractivity contribution in [1.82, 2.24) is 0 Å². The van der Waals surface area contributed by atoms with E-state index in [1.54, 1.807) is 36.4 Å². The van der Waals surface area contributed by atoms with Gasteiger partial charge in [0.15, 0.2) is 0 Å². The van der Waals surface area contributed by atoms with E-state index >= 15 is 0 Å². The molecule has 22 heavy (non-hydrogen) atoms. The molecule has 114 valence electrons. The highest BCUT2D eigenvalue weighted by molar-refractivity contribution is 6.36. The monoisotopic (exact) mass is 353 g/mol. The summed E-state index contributed by atoms with van der Waals surface area (Å²) in [5, 5.41) is 20.2. The molecule has 2 rings (SSSR count). The Morgan fingerprint density at radius 1 is 1.05 bits per heavy atom. The first kappa shape index (κ1) is 17.1. The van der Waals surface area contributed by atoms with Gasteiger partial charge in [-0.25, -0.2) is 0 Å². The Hall–Kier alpha value is -1.24. The Morgan fingerprint density at radius 2 is 1.59 bits per heavy atom. The van der Waals surface area contributed by atoms with E-state index in [0.29, 0.717) is 20.6 Å². The molecule has 0 aromatic heterocycles. The molecule has 5 heteroatoms. The van der Waals surface area contributed by atoms with Crippen LogP contribution in [0.2, 0.25) is 15.1 Å². The Labute approximate surface area is 144 Å². The van der Waals surface area contributed by atoms with E-state index in [0.717, 1.165) is 11.1 Å². The van der Waals surface area contributed by atoms with Crippen molar-refractivity contribution in [2.75, 3.05) is 6.61 Å². The summed E-state index contributed by atoms with van der Waals surface area (Å²) >= 11 is 18.6. The summed E-state index contributed by atoms with van der Waals surface area (Å²) in [6.45, 7) is 1.88. The first-order valence-corrected chi connectivity index (χ1v) is 7.86. The van der Waals surface area contributed by atoms with Gasteiger partial charge in [0, 0.05) is 33.2 Å². The summed E-state index contributed by atoms with van der Waals surface area (Å²) in [6.07, 6.45) is 0. The lowest BCUT2D eigenvalue weighted by Crippen LogP contribution is -2.04. The first-order valence-electron chi connectivity index (χ1n) is 6.72. The van der Waals surface area contributed by atoms with Crippen LogP contribution in [0.1, 0.15) is 35.4 Å². The lowest BCUT2D eigenvalue weighted by Gasteiger charge is -2.17. The van der Waals surface area contributed by atoms with Gasteiger partial charge in [0.2, 0.25) is 0 Å². The number of aliphatic hydroxyl groups excluding tert-OH is 1. The molecule has 0 aliphatic carbocycles. The maximum atomic E-state index is 9.54. The third-order valence-corrected chi connectivity index (χ3v) is 4.44. The van der Waals surface area contributed by atoms with Gasteiger partial charge in [0.1, 0.15) is 0 Å². The van der Waals surface area contributed by atoms with E-state index in [4.69, 9.17) is 34.8 Å². The maximum Gasteiger partial charge on any atom is 0.0991 e. The predicted molar refractivity (Wildman–Crippen MR) is 90.9 cm³/mol. The largest absolute Gasteiger partial charge is 0.396 e. The van der Waals surface area contributed by atoms with Crippen LogP contribution < -0.4 is 0 Å². The molecule has 0 saturated heterocycles. The van der Waals surface area contributed by atoms with Gasteiger partial charge < -0.3 is 5.11 Å². The highest BCUT2D eigenvalue weighted by Gasteiger charge is 2.21. The summed E-state index contributed by atoms with van der Waals surface area (Å²) in [4.78, 5) is 0. The molecule has 0 radical (unpaired) electrons. The molecule has 0 fully saturated rings. The van der Waals surface area contributed by atoms with Crippen molar-refractivity contribution in [1.29, 1.82) is 5.26 Å². The molecule has 0 saturated carbocycles. The van der Waals surface area contributed by atoms with Crippen molar-refractivity contribution in [3.63, 3.8) is 0 Å². The molecule has 2 aromatic rings. The number of nitriles is 1. The summed E-state index contributed by atoms with van der Waals surface area (Å²) in [5.41, 5.74) is 2.19. The summed E-state index contributed by atoms with van der Waals surface area (Å²) in [6, 6.07) is 12.8. The lowest BCUT2D eigenvalue weighted by molar-refractivity contribution is 0.273. The van der Waals surface area contributed by atoms with E-state index in [-0.39, 0.29) is 12.5 Å². The molecule has 2 aromatic carbocycles. The van der Waals surface area contributed by atoms with Crippen molar-refractivity contribution < 1.29 is 5.11 Å². The third-order valence-electron chi connectivity index (χ3n) is 3.57. The molecule has 0 spiro atoms. The molecule has 0 aliphatic heterocycles. The van der Waals surface area contributed by atoms with Gasteiger partial charge in [-0.3, -0.25) is 0 Å². The van der Waals surface area contributed by atoms with Crippen LogP contribution in [0.4, 0.5) is 0 Å². The number of aliphatic hydroxyl groups is 1. The zero-order valence-electron chi connectivity index (χ0n) is 11.9. The molecule has 2 unspecified atom stereocenters. The average Bonchev–Trinajstić information content (AvgIpc) is 2.51. The standard InChI is InChI=1S/C17H14Cl3NO/c1-10(9-22)12-6-15(19)17(16(20)7-12)14(8-21)11-2-4-13(18)5-3-11/h2-7,10,14,22H,9H2,1H3. The second-order valence-corrected chi connectivity index (χ2v) is 6.35.